The summed E-state index contributed by atoms with van der Waals surface area (Å²) in [5.41, 5.74) is 0. The van der Waals surface area contributed by atoms with Crippen LogP contribution in [-0.4, -0.2) is 21.3 Å². The van der Waals surface area contributed by atoms with Crippen molar-refractivity contribution in [2.75, 3.05) is 12.9 Å². The number of hydrogen-bond acceptors (Lipinski definition) is 3. The highest BCUT2D eigenvalue weighted by molar-refractivity contribution is 7.85. The minimum atomic E-state index is -3.25. The second kappa shape index (κ2) is 4.88. The van der Waals surface area contributed by atoms with Crippen molar-refractivity contribution in [2.45, 2.75) is 32.1 Å². The molecule has 0 saturated heterocycles. The molecule has 1 saturated carbocycles. The number of hydrogen-bond donors (Lipinski definition) is 0. The summed E-state index contributed by atoms with van der Waals surface area (Å²) in [6, 6.07) is 0. The van der Waals surface area contributed by atoms with Crippen molar-refractivity contribution in [1.82, 2.24) is 0 Å². The molecule has 0 aromatic carbocycles. The Labute approximate surface area is 98.0 Å². The maximum absolute atomic E-state index is 10.8. The summed E-state index contributed by atoms with van der Waals surface area (Å²) in [7, 11) is -3.25. The van der Waals surface area contributed by atoms with E-state index in [0.29, 0.717) is 12.5 Å². The molecule has 0 amide bonds. The molecule has 1 fully saturated rings. The monoisotopic (exact) mass is 244 g/mol. The lowest BCUT2D eigenvalue weighted by molar-refractivity contribution is 0.282. The van der Waals surface area contributed by atoms with Gasteiger partial charge in [0.05, 0.1) is 12.9 Å². The van der Waals surface area contributed by atoms with Gasteiger partial charge in [-0.3, -0.25) is 4.18 Å². The smallest absolute Gasteiger partial charge is 0.264 e. The molecule has 0 heterocycles. The summed E-state index contributed by atoms with van der Waals surface area (Å²) in [5.74, 6) is 2.35. The van der Waals surface area contributed by atoms with E-state index in [4.69, 9.17) is 4.18 Å². The molecular weight excluding hydrogens is 224 g/mol. The molecule has 4 heteroatoms. The van der Waals surface area contributed by atoms with Crippen LogP contribution in [0.4, 0.5) is 0 Å². The van der Waals surface area contributed by atoms with Crippen molar-refractivity contribution in [3.63, 3.8) is 0 Å². The molecule has 2 aliphatic carbocycles. The fraction of sp³-hybridized carbons (Fsp3) is 0.833. The molecule has 0 bridgehead atoms. The molecule has 0 radical (unpaired) electrons. The maximum atomic E-state index is 10.8. The predicted molar refractivity (Wildman–Crippen MR) is 63.5 cm³/mol. The van der Waals surface area contributed by atoms with Crippen molar-refractivity contribution in [3.8, 4) is 0 Å². The van der Waals surface area contributed by atoms with Gasteiger partial charge in [-0.15, -0.1) is 0 Å². The third-order valence-electron chi connectivity index (χ3n) is 3.81. The summed E-state index contributed by atoms with van der Waals surface area (Å²) in [6.07, 6.45) is 11.5. The summed E-state index contributed by atoms with van der Waals surface area (Å²) in [5, 5.41) is 0. The van der Waals surface area contributed by atoms with Crippen molar-refractivity contribution < 1.29 is 12.6 Å². The molecule has 1 unspecified atom stereocenters. The molecule has 0 spiro atoms. The minimum Gasteiger partial charge on any atom is -0.270 e. The second-order valence-electron chi connectivity index (χ2n) is 5.12. The van der Waals surface area contributed by atoms with E-state index in [2.05, 4.69) is 12.2 Å². The van der Waals surface area contributed by atoms with Crippen molar-refractivity contribution in [1.29, 1.82) is 0 Å². The Balaban J connectivity index is 1.73. The van der Waals surface area contributed by atoms with E-state index in [1.165, 1.54) is 25.7 Å². The molecular formula is C12H20O3S. The number of rotatable bonds is 4. The van der Waals surface area contributed by atoms with Crippen LogP contribution in [0.3, 0.4) is 0 Å². The van der Waals surface area contributed by atoms with E-state index in [0.717, 1.165) is 24.5 Å². The van der Waals surface area contributed by atoms with Crippen LogP contribution in [0.15, 0.2) is 12.2 Å². The molecule has 0 aromatic heterocycles. The fourth-order valence-corrected chi connectivity index (χ4v) is 3.46. The normalized spacial score (nSPS) is 33.9. The summed E-state index contributed by atoms with van der Waals surface area (Å²) in [6.45, 7) is 0.358. The van der Waals surface area contributed by atoms with Gasteiger partial charge >= 0.3 is 0 Å². The van der Waals surface area contributed by atoms with E-state index < -0.39 is 10.1 Å². The van der Waals surface area contributed by atoms with Crippen LogP contribution in [-0.2, 0) is 14.3 Å². The molecule has 16 heavy (non-hydrogen) atoms. The van der Waals surface area contributed by atoms with Crippen LogP contribution in [0.1, 0.15) is 32.1 Å². The van der Waals surface area contributed by atoms with Crippen molar-refractivity contribution in [2.24, 2.45) is 17.8 Å². The first-order valence-electron chi connectivity index (χ1n) is 6.04. The average molecular weight is 244 g/mol. The lowest BCUT2D eigenvalue weighted by Crippen LogP contribution is -2.08. The fourth-order valence-electron chi connectivity index (χ4n) is 3.06. The Bertz CT molecular complexity index is 342. The van der Waals surface area contributed by atoms with Gasteiger partial charge < -0.3 is 0 Å². The molecule has 0 N–H and O–H groups in total. The Morgan fingerprint density at radius 2 is 1.75 bits per heavy atom. The summed E-state index contributed by atoms with van der Waals surface area (Å²) < 4.78 is 26.4. The van der Waals surface area contributed by atoms with Gasteiger partial charge in [0.15, 0.2) is 0 Å². The highest BCUT2D eigenvalue weighted by Gasteiger charge is 2.33. The van der Waals surface area contributed by atoms with Gasteiger partial charge in [-0.1, -0.05) is 12.2 Å². The number of allylic oxidation sites excluding steroid dienone is 2. The van der Waals surface area contributed by atoms with E-state index >= 15 is 0 Å². The maximum Gasteiger partial charge on any atom is 0.264 e. The van der Waals surface area contributed by atoms with Gasteiger partial charge in [0.1, 0.15) is 0 Å². The largest absolute Gasteiger partial charge is 0.270 e. The lowest BCUT2D eigenvalue weighted by atomic mass is 9.86. The van der Waals surface area contributed by atoms with E-state index in [-0.39, 0.29) is 0 Å². The summed E-state index contributed by atoms with van der Waals surface area (Å²) in [4.78, 5) is 0. The zero-order valence-corrected chi connectivity index (χ0v) is 10.6. The molecule has 3 atom stereocenters. The van der Waals surface area contributed by atoms with Crippen LogP contribution in [0.5, 0.6) is 0 Å². The van der Waals surface area contributed by atoms with Gasteiger partial charge in [0.25, 0.3) is 10.1 Å². The standard InChI is InChI=1S/C12H20O3S/c1-16(13,14)15-7-6-10-8-11-4-2-3-5-12(11)9-10/h2-3,10-12H,4-9H2,1H3/t10?,11-,12+. The number of fused-ring (bicyclic) bond motifs is 1. The topological polar surface area (TPSA) is 43.4 Å². The van der Waals surface area contributed by atoms with Crippen molar-refractivity contribution >= 4 is 10.1 Å². The van der Waals surface area contributed by atoms with Gasteiger partial charge in [-0.05, 0) is 49.9 Å². The van der Waals surface area contributed by atoms with Crippen LogP contribution >= 0.6 is 0 Å². The van der Waals surface area contributed by atoms with Gasteiger partial charge in [0, 0.05) is 0 Å². The zero-order chi connectivity index (χ0) is 11.6. The third kappa shape index (κ3) is 3.32. The van der Waals surface area contributed by atoms with Gasteiger partial charge in [0.2, 0.25) is 0 Å². The molecule has 0 aliphatic heterocycles. The van der Waals surface area contributed by atoms with Crippen LogP contribution < -0.4 is 0 Å². The first-order chi connectivity index (χ1) is 7.54. The third-order valence-corrected chi connectivity index (χ3v) is 4.40. The first kappa shape index (κ1) is 12.1. The Morgan fingerprint density at radius 3 is 2.25 bits per heavy atom. The van der Waals surface area contributed by atoms with Crippen molar-refractivity contribution in [3.05, 3.63) is 12.2 Å². The van der Waals surface area contributed by atoms with Crippen LogP contribution in [0.2, 0.25) is 0 Å². The molecule has 0 aromatic rings. The first-order valence-corrected chi connectivity index (χ1v) is 7.85. The average Bonchev–Trinajstić information content (AvgIpc) is 2.57. The minimum absolute atomic E-state index is 0.358. The molecule has 92 valence electrons. The van der Waals surface area contributed by atoms with Crippen LogP contribution in [0.25, 0.3) is 0 Å². The summed E-state index contributed by atoms with van der Waals surface area (Å²) >= 11 is 0. The van der Waals surface area contributed by atoms with E-state index in [1.807, 2.05) is 0 Å². The van der Waals surface area contributed by atoms with E-state index in [1.54, 1.807) is 0 Å². The Morgan fingerprint density at radius 1 is 1.19 bits per heavy atom. The highest BCUT2D eigenvalue weighted by atomic mass is 32.2. The predicted octanol–water partition coefficient (Wildman–Crippen LogP) is 2.35. The van der Waals surface area contributed by atoms with Crippen LogP contribution in [0, 0.1) is 17.8 Å². The Kier molecular flexibility index (Phi) is 3.70. The van der Waals surface area contributed by atoms with E-state index in [9.17, 15) is 8.42 Å². The molecule has 2 aliphatic rings. The quantitative estimate of drug-likeness (QED) is 0.563. The highest BCUT2D eigenvalue weighted by Crippen LogP contribution is 2.44. The van der Waals surface area contributed by atoms with Gasteiger partial charge in [-0.25, -0.2) is 0 Å². The zero-order valence-electron chi connectivity index (χ0n) is 9.76. The lowest BCUT2D eigenvalue weighted by Gasteiger charge is -2.19. The SMILES string of the molecule is CS(=O)(=O)OCCC1C[C@H]2CC=CC[C@H]2C1. The Hall–Kier alpha value is -0.350. The second-order valence-corrected chi connectivity index (χ2v) is 6.76. The van der Waals surface area contributed by atoms with Gasteiger partial charge in [-0.2, -0.15) is 8.42 Å². The molecule has 3 nitrogen and oxygen atoms in total. The molecule has 2 rings (SSSR count).